The molecule has 5 heteroatoms. The summed E-state index contributed by atoms with van der Waals surface area (Å²) in [5.41, 5.74) is 4.49. The molecule has 0 spiro atoms. The molecule has 0 amide bonds. The first-order valence-corrected chi connectivity index (χ1v) is 17.5. The number of rotatable bonds is 15. The molecule has 1 aliphatic heterocycles. The summed E-state index contributed by atoms with van der Waals surface area (Å²) in [4.78, 5) is 2.45. The molecular formula is C44H49NO4. The number of benzene rings is 5. The maximum absolute atomic E-state index is 12.7. The first-order chi connectivity index (χ1) is 24.0. The third-order valence-electron chi connectivity index (χ3n) is 9.83. The normalized spacial score (nSPS) is 19.0. The molecule has 0 aromatic heterocycles. The first-order valence-electron chi connectivity index (χ1n) is 17.5. The van der Waals surface area contributed by atoms with Gasteiger partial charge in [-0.05, 0) is 39.8 Å². The van der Waals surface area contributed by atoms with Gasteiger partial charge in [0.15, 0.2) is 0 Å². The highest BCUT2D eigenvalue weighted by molar-refractivity contribution is 5.47. The number of hydrogen-bond acceptors (Lipinski definition) is 5. The molecule has 5 nitrogen and oxygen atoms in total. The van der Waals surface area contributed by atoms with Crippen LogP contribution < -0.4 is 0 Å². The van der Waals surface area contributed by atoms with Crippen LogP contribution in [0.2, 0.25) is 0 Å². The van der Waals surface area contributed by atoms with Crippen LogP contribution in [0, 0.1) is 11.8 Å². The van der Waals surface area contributed by atoms with E-state index in [-0.39, 0.29) is 5.92 Å². The van der Waals surface area contributed by atoms with Crippen molar-refractivity contribution in [3.8, 4) is 0 Å². The molecule has 0 saturated carbocycles. The fourth-order valence-electron chi connectivity index (χ4n) is 7.24. The number of nitrogens with zero attached hydrogens (tertiary/aromatic N) is 1. The Balaban J connectivity index is 1.32. The van der Waals surface area contributed by atoms with Crippen molar-refractivity contribution in [1.29, 1.82) is 0 Å². The van der Waals surface area contributed by atoms with Crippen LogP contribution in [0.15, 0.2) is 146 Å². The molecule has 1 heterocycles. The smallest absolute Gasteiger partial charge is 0.143 e. The van der Waals surface area contributed by atoms with Crippen LogP contribution in [0.4, 0.5) is 0 Å². The second-order valence-electron chi connectivity index (χ2n) is 13.5. The summed E-state index contributed by atoms with van der Waals surface area (Å²) in [7, 11) is 1.72. The predicted octanol–water partition coefficient (Wildman–Crippen LogP) is 8.20. The van der Waals surface area contributed by atoms with Gasteiger partial charge in [-0.15, -0.1) is 0 Å². The quantitative estimate of drug-likeness (QED) is 0.115. The van der Waals surface area contributed by atoms with Crippen molar-refractivity contribution in [1.82, 2.24) is 4.90 Å². The van der Waals surface area contributed by atoms with Gasteiger partial charge in [0.05, 0.1) is 32.0 Å². The average Bonchev–Trinajstić information content (AvgIpc) is 3.15. The molecular weight excluding hydrogens is 606 g/mol. The van der Waals surface area contributed by atoms with Crippen LogP contribution in [0.5, 0.6) is 0 Å². The monoisotopic (exact) mass is 655 g/mol. The van der Waals surface area contributed by atoms with Crippen molar-refractivity contribution in [2.45, 2.75) is 37.7 Å². The first kappa shape index (κ1) is 34.8. The fraction of sp³-hybridized carbons (Fsp3) is 0.318. The molecule has 1 aliphatic rings. The van der Waals surface area contributed by atoms with Crippen molar-refractivity contribution in [3.05, 3.63) is 179 Å². The number of aliphatic hydroxyl groups is 1. The summed E-state index contributed by atoms with van der Waals surface area (Å²) in [6, 6.07) is 50.3. The van der Waals surface area contributed by atoms with E-state index < -0.39 is 11.2 Å². The lowest BCUT2D eigenvalue weighted by Crippen LogP contribution is -2.52. The third-order valence-corrected chi connectivity index (χ3v) is 9.83. The highest BCUT2D eigenvalue weighted by Gasteiger charge is 2.46. The Morgan fingerprint density at radius 3 is 1.78 bits per heavy atom. The lowest BCUT2D eigenvalue weighted by molar-refractivity contribution is -0.125. The molecule has 49 heavy (non-hydrogen) atoms. The van der Waals surface area contributed by atoms with Crippen molar-refractivity contribution >= 4 is 0 Å². The molecule has 5 aromatic carbocycles. The predicted molar refractivity (Wildman–Crippen MR) is 196 cm³/mol. The van der Waals surface area contributed by atoms with E-state index in [1.165, 1.54) is 5.56 Å². The van der Waals surface area contributed by atoms with Gasteiger partial charge in [-0.25, -0.2) is 0 Å². The van der Waals surface area contributed by atoms with Gasteiger partial charge < -0.3 is 19.3 Å². The summed E-state index contributed by atoms with van der Waals surface area (Å²) in [5, 5.41) is 12.7. The van der Waals surface area contributed by atoms with E-state index >= 15 is 0 Å². The Morgan fingerprint density at radius 1 is 0.714 bits per heavy atom. The second-order valence-corrected chi connectivity index (χ2v) is 13.5. The van der Waals surface area contributed by atoms with E-state index in [0.29, 0.717) is 45.3 Å². The molecule has 3 atom stereocenters. The summed E-state index contributed by atoms with van der Waals surface area (Å²) in [6.07, 6.45) is 0.604. The van der Waals surface area contributed by atoms with Crippen LogP contribution in [-0.4, -0.2) is 50.0 Å². The van der Waals surface area contributed by atoms with Crippen molar-refractivity contribution in [3.63, 3.8) is 0 Å². The zero-order chi connectivity index (χ0) is 33.9. The Morgan fingerprint density at radius 2 is 1.24 bits per heavy atom. The Hall–Kier alpha value is -4.10. The summed E-state index contributed by atoms with van der Waals surface area (Å²) >= 11 is 0. The number of methoxy groups -OCH3 is 1. The Labute approximate surface area is 292 Å². The minimum Gasteiger partial charge on any atom is -0.385 e. The van der Waals surface area contributed by atoms with E-state index in [4.69, 9.17) is 14.2 Å². The fourth-order valence-corrected chi connectivity index (χ4v) is 7.24. The van der Waals surface area contributed by atoms with Gasteiger partial charge in [0.2, 0.25) is 0 Å². The topological polar surface area (TPSA) is 51.2 Å². The zero-order valence-corrected chi connectivity index (χ0v) is 28.8. The largest absolute Gasteiger partial charge is 0.385 e. The average molecular weight is 656 g/mol. The number of piperidine rings is 1. The van der Waals surface area contributed by atoms with E-state index in [0.717, 1.165) is 40.9 Å². The molecule has 0 bridgehead atoms. The summed E-state index contributed by atoms with van der Waals surface area (Å²) in [5.74, 6) is 0.138. The van der Waals surface area contributed by atoms with Crippen LogP contribution in [-0.2, 0) is 38.6 Å². The Bertz CT molecular complexity index is 1590. The SMILES string of the molecule is COCC(C)COCc1ccc(C2(O)CCN(Cc3ccccc3)CC2COC(c2ccccc2)(c2ccccc2)c2ccccc2)cc1. The van der Waals surface area contributed by atoms with Crippen LogP contribution >= 0.6 is 0 Å². The molecule has 3 unspecified atom stereocenters. The lowest BCUT2D eigenvalue weighted by atomic mass is 9.75. The molecule has 254 valence electrons. The molecule has 6 rings (SSSR count). The van der Waals surface area contributed by atoms with Crippen LogP contribution in [0.25, 0.3) is 0 Å². The van der Waals surface area contributed by atoms with Crippen molar-refractivity contribution in [2.75, 3.05) is 40.0 Å². The third kappa shape index (κ3) is 8.21. The maximum Gasteiger partial charge on any atom is 0.143 e. The van der Waals surface area contributed by atoms with E-state index in [1.807, 2.05) is 18.2 Å². The molecule has 5 aromatic rings. The van der Waals surface area contributed by atoms with E-state index in [9.17, 15) is 5.11 Å². The summed E-state index contributed by atoms with van der Waals surface area (Å²) in [6.45, 7) is 6.62. The van der Waals surface area contributed by atoms with Gasteiger partial charge in [-0.2, -0.15) is 0 Å². The van der Waals surface area contributed by atoms with E-state index in [1.54, 1.807) is 7.11 Å². The minimum absolute atomic E-state index is 0.197. The highest BCUT2D eigenvalue weighted by atomic mass is 16.5. The maximum atomic E-state index is 12.7. The van der Waals surface area contributed by atoms with Gasteiger partial charge in [-0.1, -0.05) is 153 Å². The molecule has 0 radical (unpaired) electrons. The van der Waals surface area contributed by atoms with Gasteiger partial charge in [0.25, 0.3) is 0 Å². The highest BCUT2D eigenvalue weighted by Crippen LogP contribution is 2.44. The minimum atomic E-state index is -1.07. The van der Waals surface area contributed by atoms with Gasteiger partial charge in [-0.3, -0.25) is 4.90 Å². The Kier molecular flexibility index (Phi) is 11.7. The van der Waals surface area contributed by atoms with Gasteiger partial charge in [0.1, 0.15) is 5.60 Å². The number of likely N-dealkylation sites (tertiary alicyclic amines) is 1. The molecule has 1 N–H and O–H groups in total. The number of ether oxygens (including phenoxy) is 3. The van der Waals surface area contributed by atoms with Crippen LogP contribution in [0.3, 0.4) is 0 Å². The number of hydrogen-bond donors (Lipinski definition) is 1. The van der Waals surface area contributed by atoms with Crippen molar-refractivity contribution in [2.24, 2.45) is 11.8 Å². The standard InChI is InChI=1S/C44H49NO4/c1-35(31-47-2)32-48-33-37-23-25-38(26-24-37)43(46)27-28-45(29-36-15-7-3-8-16-36)30-42(43)34-49-44(39-17-9-4-10-18-39,40-19-11-5-12-20-40)41-21-13-6-14-22-41/h3-26,35,42,46H,27-34H2,1-2H3. The second kappa shape index (κ2) is 16.5. The zero-order valence-electron chi connectivity index (χ0n) is 28.8. The van der Waals surface area contributed by atoms with Gasteiger partial charge in [0, 0.05) is 38.6 Å². The lowest BCUT2D eigenvalue weighted by Gasteiger charge is -2.46. The van der Waals surface area contributed by atoms with E-state index in [2.05, 4.69) is 139 Å². The molecule has 1 saturated heterocycles. The van der Waals surface area contributed by atoms with Gasteiger partial charge >= 0.3 is 0 Å². The van der Waals surface area contributed by atoms with Crippen LogP contribution in [0.1, 0.15) is 46.7 Å². The molecule has 0 aliphatic carbocycles. The molecule has 1 fully saturated rings. The summed E-state index contributed by atoms with van der Waals surface area (Å²) < 4.78 is 18.6. The van der Waals surface area contributed by atoms with Crippen molar-refractivity contribution < 1.29 is 19.3 Å².